The first-order valence-electron chi connectivity index (χ1n) is 7.72. The number of sulfonamides is 1. The summed E-state index contributed by atoms with van der Waals surface area (Å²) in [6.07, 6.45) is 5.56. The van der Waals surface area contributed by atoms with Crippen LogP contribution < -0.4 is 10.5 Å². The van der Waals surface area contributed by atoms with E-state index >= 15 is 0 Å². The van der Waals surface area contributed by atoms with Gasteiger partial charge < -0.3 is 5.73 Å². The summed E-state index contributed by atoms with van der Waals surface area (Å²) in [5.74, 6) is 0.504. The minimum Gasteiger partial charge on any atom is -0.328 e. The maximum Gasteiger partial charge on any atom is 0.212 e. The Labute approximate surface area is 128 Å². The molecule has 0 saturated heterocycles. The predicted molar refractivity (Wildman–Crippen MR) is 86.3 cm³/mol. The molecule has 0 bridgehead atoms. The maximum atomic E-state index is 12.5. The minimum absolute atomic E-state index is 0.218. The van der Waals surface area contributed by atoms with Crippen LogP contribution in [0.15, 0.2) is 30.3 Å². The van der Waals surface area contributed by atoms with Crippen molar-refractivity contribution in [3.05, 3.63) is 35.9 Å². The zero-order chi connectivity index (χ0) is 15.3. The normalized spacial score (nSPS) is 20.1. The van der Waals surface area contributed by atoms with Crippen LogP contribution in [-0.2, 0) is 15.6 Å². The van der Waals surface area contributed by atoms with E-state index in [2.05, 4.69) is 4.72 Å². The Kier molecular flexibility index (Phi) is 5.41. The summed E-state index contributed by atoms with van der Waals surface area (Å²) in [5.41, 5.74) is 6.01. The average Bonchev–Trinajstić information content (AvgIpc) is 2.48. The maximum absolute atomic E-state index is 12.5. The van der Waals surface area contributed by atoms with Gasteiger partial charge in [-0.05, 0) is 31.2 Å². The predicted octanol–water partition coefficient (Wildman–Crippen LogP) is 2.36. The highest BCUT2D eigenvalue weighted by molar-refractivity contribution is 7.89. The highest BCUT2D eigenvalue weighted by atomic mass is 32.2. The smallest absolute Gasteiger partial charge is 0.212 e. The molecule has 2 rings (SSSR count). The summed E-state index contributed by atoms with van der Waals surface area (Å²) < 4.78 is 27.8. The molecule has 1 aromatic rings. The van der Waals surface area contributed by atoms with Crippen LogP contribution >= 0.6 is 0 Å². The third-order valence-electron chi connectivity index (χ3n) is 4.38. The molecule has 118 valence electrons. The van der Waals surface area contributed by atoms with E-state index in [-0.39, 0.29) is 18.2 Å². The molecule has 0 aliphatic heterocycles. The Morgan fingerprint density at radius 3 is 2.38 bits per heavy atom. The van der Waals surface area contributed by atoms with E-state index in [1.165, 1.54) is 6.42 Å². The van der Waals surface area contributed by atoms with Crippen LogP contribution in [-0.4, -0.2) is 20.7 Å². The van der Waals surface area contributed by atoms with Crippen LogP contribution in [0.5, 0.6) is 0 Å². The Morgan fingerprint density at radius 1 is 1.19 bits per heavy atom. The summed E-state index contributed by atoms with van der Waals surface area (Å²) >= 11 is 0. The van der Waals surface area contributed by atoms with Gasteiger partial charge in [-0.3, -0.25) is 0 Å². The van der Waals surface area contributed by atoms with Gasteiger partial charge in [0.15, 0.2) is 0 Å². The van der Waals surface area contributed by atoms with Gasteiger partial charge in [-0.2, -0.15) is 0 Å². The highest BCUT2D eigenvalue weighted by Gasteiger charge is 2.31. The SMILES string of the molecule is CC(CN)(NS(=O)(=O)CC1CCCCC1)c1ccccc1. The van der Waals surface area contributed by atoms with Gasteiger partial charge in [-0.1, -0.05) is 49.6 Å². The van der Waals surface area contributed by atoms with Crippen molar-refractivity contribution in [2.45, 2.75) is 44.6 Å². The standard InChI is InChI=1S/C16H26N2O2S/c1-16(13-17,15-10-6-3-7-11-15)18-21(19,20)12-14-8-4-2-5-9-14/h3,6-7,10-11,14,18H,2,4-5,8-9,12-13,17H2,1H3. The number of benzene rings is 1. The van der Waals surface area contributed by atoms with E-state index < -0.39 is 15.6 Å². The summed E-state index contributed by atoms with van der Waals surface area (Å²) in [5, 5.41) is 0. The van der Waals surface area contributed by atoms with Crippen molar-refractivity contribution in [3.8, 4) is 0 Å². The number of nitrogens with two attached hydrogens (primary N) is 1. The van der Waals surface area contributed by atoms with Gasteiger partial charge in [0.2, 0.25) is 10.0 Å². The second kappa shape index (κ2) is 6.90. The fourth-order valence-corrected chi connectivity index (χ4v) is 5.00. The molecule has 1 unspecified atom stereocenters. The Bertz CT molecular complexity index is 539. The average molecular weight is 310 g/mol. The Balaban J connectivity index is 2.09. The molecule has 1 fully saturated rings. The fourth-order valence-electron chi connectivity index (χ4n) is 3.07. The molecule has 0 radical (unpaired) electrons. The largest absolute Gasteiger partial charge is 0.328 e. The van der Waals surface area contributed by atoms with Gasteiger partial charge in [0.05, 0.1) is 11.3 Å². The molecule has 1 aliphatic rings. The lowest BCUT2D eigenvalue weighted by Gasteiger charge is -2.31. The van der Waals surface area contributed by atoms with Crippen LogP contribution in [0.3, 0.4) is 0 Å². The molecule has 1 aliphatic carbocycles. The second-order valence-corrected chi connectivity index (χ2v) is 8.06. The van der Waals surface area contributed by atoms with Crippen molar-refractivity contribution in [2.24, 2.45) is 11.7 Å². The molecular formula is C16H26N2O2S. The number of hydrogen-bond donors (Lipinski definition) is 2. The summed E-state index contributed by atoms with van der Waals surface area (Å²) in [4.78, 5) is 0. The van der Waals surface area contributed by atoms with E-state index in [4.69, 9.17) is 5.73 Å². The third-order valence-corrected chi connectivity index (χ3v) is 6.05. The molecule has 0 amide bonds. The molecule has 5 heteroatoms. The number of hydrogen-bond acceptors (Lipinski definition) is 3. The molecule has 1 saturated carbocycles. The molecule has 1 aromatic carbocycles. The van der Waals surface area contributed by atoms with E-state index in [0.29, 0.717) is 0 Å². The first-order chi connectivity index (χ1) is 9.95. The van der Waals surface area contributed by atoms with Crippen molar-refractivity contribution < 1.29 is 8.42 Å². The Hall–Kier alpha value is -0.910. The molecular weight excluding hydrogens is 284 g/mol. The number of rotatable bonds is 6. The van der Waals surface area contributed by atoms with Crippen LogP contribution in [0.2, 0.25) is 0 Å². The summed E-state index contributed by atoms with van der Waals surface area (Å²) in [6.45, 7) is 2.08. The highest BCUT2D eigenvalue weighted by Crippen LogP contribution is 2.26. The van der Waals surface area contributed by atoms with Crippen molar-refractivity contribution >= 4 is 10.0 Å². The first kappa shape index (κ1) is 16.5. The molecule has 4 nitrogen and oxygen atoms in total. The zero-order valence-corrected chi connectivity index (χ0v) is 13.5. The lowest BCUT2D eigenvalue weighted by molar-refractivity contribution is 0.378. The van der Waals surface area contributed by atoms with Gasteiger partial charge in [-0.15, -0.1) is 0 Å². The summed E-state index contributed by atoms with van der Waals surface area (Å²) in [6, 6.07) is 9.54. The van der Waals surface area contributed by atoms with Gasteiger partial charge in [0.1, 0.15) is 0 Å². The van der Waals surface area contributed by atoms with Gasteiger partial charge >= 0.3 is 0 Å². The van der Waals surface area contributed by atoms with E-state index in [1.54, 1.807) is 0 Å². The summed E-state index contributed by atoms with van der Waals surface area (Å²) in [7, 11) is -3.33. The number of nitrogens with one attached hydrogen (secondary N) is 1. The van der Waals surface area contributed by atoms with Crippen molar-refractivity contribution in [3.63, 3.8) is 0 Å². The molecule has 3 N–H and O–H groups in total. The molecule has 0 aromatic heterocycles. The van der Waals surface area contributed by atoms with Crippen LogP contribution in [0, 0.1) is 5.92 Å². The lowest BCUT2D eigenvalue weighted by Crippen LogP contribution is -2.50. The van der Waals surface area contributed by atoms with Gasteiger partial charge in [0, 0.05) is 6.54 Å². The lowest BCUT2D eigenvalue weighted by atomic mass is 9.91. The van der Waals surface area contributed by atoms with Crippen molar-refractivity contribution in [2.75, 3.05) is 12.3 Å². The van der Waals surface area contributed by atoms with Crippen LogP contribution in [0.25, 0.3) is 0 Å². The van der Waals surface area contributed by atoms with Gasteiger partial charge in [-0.25, -0.2) is 13.1 Å². The zero-order valence-electron chi connectivity index (χ0n) is 12.7. The van der Waals surface area contributed by atoms with E-state index in [0.717, 1.165) is 31.2 Å². The first-order valence-corrected chi connectivity index (χ1v) is 9.38. The van der Waals surface area contributed by atoms with Crippen LogP contribution in [0.4, 0.5) is 0 Å². The topological polar surface area (TPSA) is 72.2 Å². The molecule has 21 heavy (non-hydrogen) atoms. The van der Waals surface area contributed by atoms with Crippen LogP contribution in [0.1, 0.15) is 44.6 Å². The van der Waals surface area contributed by atoms with E-state index in [9.17, 15) is 8.42 Å². The third kappa shape index (κ3) is 4.53. The monoisotopic (exact) mass is 310 g/mol. The van der Waals surface area contributed by atoms with Crippen molar-refractivity contribution in [1.82, 2.24) is 4.72 Å². The minimum atomic E-state index is -3.33. The fraction of sp³-hybridized carbons (Fsp3) is 0.625. The van der Waals surface area contributed by atoms with Crippen molar-refractivity contribution in [1.29, 1.82) is 0 Å². The Morgan fingerprint density at radius 2 is 1.81 bits per heavy atom. The molecule has 1 atom stereocenters. The molecule has 0 spiro atoms. The second-order valence-electron chi connectivity index (χ2n) is 6.29. The van der Waals surface area contributed by atoms with Gasteiger partial charge in [0.25, 0.3) is 0 Å². The quantitative estimate of drug-likeness (QED) is 0.847. The molecule has 0 heterocycles. The van der Waals surface area contributed by atoms with E-state index in [1.807, 2.05) is 37.3 Å².